The largest absolute Gasteiger partial charge is 0.462 e. The highest BCUT2D eigenvalue weighted by atomic mass is 32.1. The van der Waals surface area contributed by atoms with E-state index in [4.69, 9.17) is 4.42 Å². The third-order valence-electron chi connectivity index (χ3n) is 2.45. The number of hydrogen-bond donors (Lipinski definition) is 0. The molecule has 0 aliphatic rings. The first-order valence-electron chi connectivity index (χ1n) is 5.19. The summed E-state index contributed by atoms with van der Waals surface area (Å²) in [6, 6.07) is 7.30. The van der Waals surface area contributed by atoms with Crippen LogP contribution in [0, 0.1) is 11.6 Å². The van der Waals surface area contributed by atoms with Crippen molar-refractivity contribution >= 4 is 11.3 Å². The fourth-order valence-corrected chi connectivity index (χ4v) is 2.37. The van der Waals surface area contributed by atoms with E-state index in [2.05, 4.69) is 4.98 Å². The molecule has 0 bridgehead atoms. The lowest BCUT2D eigenvalue weighted by atomic mass is 10.2. The molecule has 0 atom stereocenters. The summed E-state index contributed by atoms with van der Waals surface area (Å²) < 4.78 is 31.2. The Hall–Kier alpha value is -2.01. The van der Waals surface area contributed by atoms with Gasteiger partial charge in [-0.2, -0.15) is 0 Å². The molecule has 0 aliphatic carbocycles. The molecule has 0 saturated heterocycles. The number of rotatable bonds is 2. The third kappa shape index (κ3) is 1.93. The Balaban J connectivity index is 2.00. The number of aromatic nitrogens is 1. The highest BCUT2D eigenvalue weighted by molar-refractivity contribution is 7.13. The van der Waals surface area contributed by atoms with Crippen LogP contribution in [0.1, 0.15) is 0 Å². The molecule has 0 aliphatic heterocycles. The fourth-order valence-electron chi connectivity index (χ4n) is 1.58. The second-order valence-electron chi connectivity index (χ2n) is 3.64. The van der Waals surface area contributed by atoms with E-state index in [0.29, 0.717) is 22.0 Å². The van der Waals surface area contributed by atoms with E-state index < -0.39 is 11.6 Å². The van der Waals surface area contributed by atoms with Gasteiger partial charge in [0.15, 0.2) is 22.4 Å². The Morgan fingerprint density at radius 3 is 2.72 bits per heavy atom. The molecule has 3 aromatic rings. The van der Waals surface area contributed by atoms with Crippen molar-refractivity contribution in [1.82, 2.24) is 4.98 Å². The minimum Gasteiger partial charge on any atom is -0.462 e. The molecular weight excluding hydrogens is 256 g/mol. The van der Waals surface area contributed by atoms with E-state index in [1.165, 1.54) is 17.4 Å². The van der Waals surface area contributed by atoms with Crippen molar-refractivity contribution in [3.63, 3.8) is 0 Å². The maximum atomic E-state index is 13.1. The molecule has 1 aromatic carbocycles. The zero-order chi connectivity index (χ0) is 12.5. The van der Waals surface area contributed by atoms with Crippen LogP contribution in [0.4, 0.5) is 8.78 Å². The molecule has 3 rings (SSSR count). The smallest absolute Gasteiger partial charge is 0.162 e. The normalized spacial score (nSPS) is 10.8. The zero-order valence-corrected chi connectivity index (χ0v) is 9.88. The second-order valence-corrected chi connectivity index (χ2v) is 4.50. The van der Waals surface area contributed by atoms with Gasteiger partial charge in [-0.3, -0.25) is 0 Å². The van der Waals surface area contributed by atoms with Crippen LogP contribution in [-0.2, 0) is 0 Å². The molecule has 0 amide bonds. The van der Waals surface area contributed by atoms with Gasteiger partial charge in [0.1, 0.15) is 0 Å². The maximum Gasteiger partial charge on any atom is 0.162 e. The number of benzene rings is 1. The predicted octanol–water partition coefficient (Wildman–Crippen LogP) is 4.35. The monoisotopic (exact) mass is 263 g/mol. The van der Waals surface area contributed by atoms with Crippen LogP contribution >= 0.6 is 11.3 Å². The van der Waals surface area contributed by atoms with Gasteiger partial charge in [0.2, 0.25) is 0 Å². The first kappa shape index (κ1) is 11.1. The van der Waals surface area contributed by atoms with Gasteiger partial charge in [-0.1, -0.05) is 0 Å². The van der Waals surface area contributed by atoms with Gasteiger partial charge >= 0.3 is 0 Å². The Kier molecular flexibility index (Phi) is 2.68. The lowest BCUT2D eigenvalue weighted by Gasteiger charge is -1.97. The Morgan fingerprint density at radius 1 is 1.11 bits per heavy atom. The lowest BCUT2D eigenvalue weighted by Crippen LogP contribution is -1.85. The number of thiazole rings is 1. The molecule has 2 nitrogen and oxygen atoms in total. The van der Waals surface area contributed by atoms with Crippen molar-refractivity contribution in [3.8, 4) is 22.0 Å². The molecule has 2 aromatic heterocycles. The molecule has 90 valence electrons. The predicted molar refractivity (Wildman–Crippen MR) is 65.2 cm³/mol. The van der Waals surface area contributed by atoms with Crippen LogP contribution in [0.15, 0.2) is 46.4 Å². The number of hydrogen-bond acceptors (Lipinski definition) is 3. The minimum atomic E-state index is -0.875. The highest BCUT2D eigenvalue weighted by Gasteiger charge is 2.10. The van der Waals surface area contributed by atoms with Crippen LogP contribution < -0.4 is 0 Å². The van der Waals surface area contributed by atoms with E-state index >= 15 is 0 Å². The maximum absolute atomic E-state index is 13.1. The molecule has 2 heterocycles. The van der Waals surface area contributed by atoms with Crippen molar-refractivity contribution in [1.29, 1.82) is 0 Å². The highest BCUT2D eigenvalue weighted by Crippen LogP contribution is 2.29. The topological polar surface area (TPSA) is 26.0 Å². The molecule has 0 spiro atoms. The van der Waals surface area contributed by atoms with Gasteiger partial charge in [0, 0.05) is 10.9 Å². The van der Waals surface area contributed by atoms with Crippen LogP contribution in [0.5, 0.6) is 0 Å². The van der Waals surface area contributed by atoms with Crippen molar-refractivity contribution in [2.75, 3.05) is 0 Å². The first-order chi connectivity index (χ1) is 8.74. The Bertz CT molecular complexity index is 676. The first-order valence-corrected chi connectivity index (χ1v) is 6.07. The summed E-state index contributed by atoms with van der Waals surface area (Å²) >= 11 is 1.39. The summed E-state index contributed by atoms with van der Waals surface area (Å²) in [5, 5.41) is 2.49. The van der Waals surface area contributed by atoms with E-state index in [1.54, 1.807) is 23.8 Å². The molecule has 0 N–H and O–H groups in total. The quantitative estimate of drug-likeness (QED) is 0.687. The van der Waals surface area contributed by atoms with Crippen LogP contribution in [-0.4, -0.2) is 4.98 Å². The molecule has 0 saturated carbocycles. The molecule has 0 unspecified atom stereocenters. The summed E-state index contributed by atoms with van der Waals surface area (Å²) in [4.78, 5) is 4.33. The third-order valence-corrected chi connectivity index (χ3v) is 3.31. The summed E-state index contributed by atoms with van der Waals surface area (Å²) in [5.41, 5.74) is 1.15. The average molecular weight is 263 g/mol. The van der Waals surface area contributed by atoms with E-state index in [0.717, 1.165) is 12.1 Å². The number of furan rings is 1. The number of nitrogens with zero attached hydrogens (tertiary/aromatic N) is 1. The van der Waals surface area contributed by atoms with Gasteiger partial charge in [0.05, 0.1) is 12.0 Å². The summed E-state index contributed by atoms with van der Waals surface area (Å²) in [7, 11) is 0. The lowest BCUT2D eigenvalue weighted by molar-refractivity contribution is 0.509. The minimum absolute atomic E-state index is 0.544. The van der Waals surface area contributed by atoms with Gasteiger partial charge in [0.25, 0.3) is 0 Å². The van der Waals surface area contributed by atoms with Crippen molar-refractivity contribution in [2.24, 2.45) is 0 Å². The summed E-state index contributed by atoms with van der Waals surface area (Å²) in [6.45, 7) is 0. The standard InChI is InChI=1S/C13H7F2NOS/c14-9-4-3-8(6-10(9)15)11-7-18-13(16-11)12-2-1-5-17-12/h1-7H. The summed E-state index contributed by atoms with van der Waals surface area (Å²) in [5.74, 6) is -1.07. The Morgan fingerprint density at radius 2 is 2.00 bits per heavy atom. The fraction of sp³-hybridized carbons (Fsp3) is 0. The molecule has 0 fully saturated rings. The summed E-state index contributed by atoms with van der Waals surface area (Å²) in [6.07, 6.45) is 1.56. The van der Waals surface area contributed by atoms with Crippen molar-refractivity contribution in [3.05, 3.63) is 53.6 Å². The van der Waals surface area contributed by atoms with Gasteiger partial charge in [-0.25, -0.2) is 13.8 Å². The van der Waals surface area contributed by atoms with Crippen LogP contribution in [0.3, 0.4) is 0 Å². The zero-order valence-electron chi connectivity index (χ0n) is 9.06. The van der Waals surface area contributed by atoms with E-state index in [1.807, 2.05) is 0 Å². The average Bonchev–Trinajstić information content (AvgIpc) is 3.01. The van der Waals surface area contributed by atoms with Gasteiger partial charge < -0.3 is 4.42 Å². The SMILES string of the molecule is Fc1ccc(-c2csc(-c3ccco3)n2)cc1F. The van der Waals surface area contributed by atoms with Crippen LogP contribution in [0.25, 0.3) is 22.0 Å². The van der Waals surface area contributed by atoms with E-state index in [-0.39, 0.29) is 0 Å². The molecular formula is C13H7F2NOS. The Labute approximate surface area is 106 Å². The van der Waals surface area contributed by atoms with Gasteiger partial charge in [-0.05, 0) is 30.3 Å². The van der Waals surface area contributed by atoms with Crippen molar-refractivity contribution in [2.45, 2.75) is 0 Å². The van der Waals surface area contributed by atoms with Gasteiger partial charge in [-0.15, -0.1) is 11.3 Å². The molecule has 18 heavy (non-hydrogen) atoms. The molecule has 5 heteroatoms. The second kappa shape index (κ2) is 4.34. The molecule has 0 radical (unpaired) electrons. The van der Waals surface area contributed by atoms with E-state index in [9.17, 15) is 8.78 Å². The number of halogens is 2. The van der Waals surface area contributed by atoms with Crippen molar-refractivity contribution < 1.29 is 13.2 Å². The van der Waals surface area contributed by atoms with Crippen LogP contribution in [0.2, 0.25) is 0 Å².